The van der Waals surface area contributed by atoms with Crippen LogP contribution in [0.3, 0.4) is 0 Å². The fraction of sp³-hybridized carbons (Fsp3) is 0.381. The van der Waals surface area contributed by atoms with Gasteiger partial charge in [0.05, 0.1) is 17.3 Å². The average Bonchev–Trinajstić information content (AvgIpc) is 2.79. The first-order valence-corrected chi connectivity index (χ1v) is 12.6. The van der Waals surface area contributed by atoms with E-state index in [9.17, 15) is 21.6 Å². The fourth-order valence-corrected chi connectivity index (χ4v) is 4.57. The van der Waals surface area contributed by atoms with Gasteiger partial charge in [-0.05, 0) is 44.3 Å². The number of hydrogen-bond donors (Lipinski definition) is 2. The number of alkyl halides is 3. The third-order valence-corrected chi connectivity index (χ3v) is 7.38. The number of halogens is 4. The fourth-order valence-electron chi connectivity index (χ4n) is 3.50. The maximum Gasteiger partial charge on any atom is 0.416 e. The molecule has 4 rings (SSSR count). The largest absolute Gasteiger partial charge is 0.416 e. The SMILES string of the molecule is CC(Nc1nc(N2CCN(C)CC2)nc2cnc(Cl)cc12)S(=O)(=O)Nc1ccc(C(F)(F)F)cc1. The molecule has 0 spiro atoms. The Bertz CT molecular complexity index is 1310. The minimum atomic E-state index is -4.52. The molecule has 1 unspecified atom stereocenters. The normalized spacial score (nSPS) is 16.3. The molecule has 1 aromatic carbocycles. The van der Waals surface area contributed by atoms with E-state index in [-0.39, 0.29) is 16.7 Å². The Balaban J connectivity index is 1.60. The lowest BCUT2D eigenvalue weighted by Crippen LogP contribution is -2.45. The van der Waals surface area contributed by atoms with Gasteiger partial charge in [-0.2, -0.15) is 18.2 Å². The van der Waals surface area contributed by atoms with E-state index in [0.717, 1.165) is 37.4 Å². The lowest BCUT2D eigenvalue weighted by Gasteiger charge is -2.32. The van der Waals surface area contributed by atoms with Crippen molar-refractivity contribution in [3.63, 3.8) is 0 Å². The average molecular weight is 530 g/mol. The zero-order valence-corrected chi connectivity index (χ0v) is 20.4. The van der Waals surface area contributed by atoms with Gasteiger partial charge in [-0.3, -0.25) is 4.72 Å². The van der Waals surface area contributed by atoms with E-state index in [1.54, 1.807) is 0 Å². The van der Waals surface area contributed by atoms with Crippen molar-refractivity contribution in [3.05, 3.63) is 47.2 Å². The summed E-state index contributed by atoms with van der Waals surface area (Å²) in [6, 6.07) is 5.28. The number of fused-ring (bicyclic) bond motifs is 1. The molecule has 3 aromatic rings. The minimum Gasteiger partial charge on any atom is -0.352 e. The van der Waals surface area contributed by atoms with E-state index >= 15 is 0 Å². The van der Waals surface area contributed by atoms with Crippen molar-refractivity contribution in [3.8, 4) is 0 Å². The van der Waals surface area contributed by atoms with Crippen LogP contribution >= 0.6 is 11.6 Å². The summed E-state index contributed by atoms with van der Waals surface area (Å²) in [4.78, 5) is 17.4. The van der Waals surface area contributed by atoms with Crippen LogP contribution in [-0.4, -0.2) is 66.9 Å². The van der Waals surface area contributed by atoms with Gasteiger partial charge in [-0.1, -0.05) is 11.6 Å². The Morgan fingerprint density at radius 2 is 1.74 bits per heavy atom. The molecule has 0 saturated carbocycles. The van der Waals surface area contributed by atoms with Crippen LogP contribution in [0.1, 0.15) is 12.5 Å². The molecule has 35 heavy (non-hydrogen) atoms. The van der Waals surface area contributed by atoms with Gasteiger partial charge in [-0.25, -0.2) is 18.4 Å². The number of likely N-dealkylation sites (N-methyl/N-ethyl adjacent to an activating group) is 1. The van der Waals surface area contributed by atoms with Crippen molar-refractivity contribution in [2.75, 3.05) is 48.2 Å². The molecular weight excluding hydrogens is 507 g/mol. The van der Waals surface area contributed by atoms with Crippen molar-refractivity contribution in [2.24, 2.45) is 0 Å². The summed E-state index contributed by atoms with van der Waals surface area (Å²) in [5.41, 5.74) is -0.383. The van der Waals surface area contributed by atoms with Crippen LogP contribution in [0.25, 0.3) is 10.9 Å². The second kappa shape index (κ2) is 9.63. The van der Waals surface area contributed by atoms with Crippen LogP contribution in [0.2, 0.25) is 5.15 Å². The summed E-state index contributed by atoms with van der Waals surface area (Å²) in [6.07, 6.45) is -3.03. The number of anilines is 3. The third-order valence-electron chi connectivity index (χ3n) is 5.60. The van der Waals surface area contributed by atoms with Crippen molar-refractivity contribution in [1.29, 1.82) is 0 Å². The van der Waals surface area contributed by atoms with E-state index in [0.29, 0.717) is 29.9 Å². The first-order valence-electron chi connectivity index (χ1n) is 10.6. The Morgan fingerprint density at radius 1 is 1.09 bits per heavy atom. The lowest BCUT2D eigenvalue weighted by atomic mass is 10.2. The topological polar surface area (TPSA) is 103 Å². The third kappa shape index (κ3) is 5.85. The molecule has 1 atom stereocenters. The molecule has 0 bridgehead atoms. The summed E-state index contributed by atoms with van der Waals surface area (Å²) in [6.45, 7) is 4.45. The number of hydrogen-bond acceptors (Lipinski definition) is 8. The van der Waals surface area contributed by atoms with E-state index in [4.69, 9.17) is 11.6 Å². The molecule has 1 saturated heterocycles. The van der Waals surface area contributed by atoms with Crippen LogP contribution in [0.15, 0.2) is 36.5 Å². The number of piperazine rings is 1. The second-order valence-corrected chi connectivity index (χ2v) is 10.6. The smallest absolute Gasteiger partial charge is 0.352 e. The molecule has 0 radical (unpaired) electrons. The molecule has 3 heterocycles. The first kappa shape index (κ1) is 25.2. The molecule has 0 amide bonds. The van der Waals surface area contributed by atoms with Crippen LogP contribution in [-0.2, 0) is 16.2 Å². The van der Waals surface area contributed by atoms with Gasteiger partial charge in [0.15, 0.2) is 0 Å². The number of aromatic nitrogens is 3. The summed E-state index contributed by atoms with van der Waals surface area (Å²) in [5.74, 6) is 0.677. The summed E-state index contributed by atoms with van der Waals surface area (Å²) >= 11 is 6.05. The molecule has 2 aromatic heterocycles. The Morgan fingerprint density at radius 3 is 2.37 bits per heavy atom. The molecular formula is C21H23ClF3N7O2S. The zero-order valence-electron chi connectivity index (χ0n) is 18.8. The highest BCUT2D eigenvalue weighted by atomic mass is 35.5. The van der Waals surface area contributed by atoms with Gasteiger partial charge in [0.1, 0.15) is 16.3 Å². The molecule has 1 fully saturated rings. The van der Waals surface area contributed by atoms with Crippen molar-refractivity contribution in [1.82, 2.24) is 19.9 Å². The molecule has 2 N–H and O–H groups in total. The maximum atomic E-state index is 12.9. The maximum absolute atomic E-state index is 12.9. The van der Waals surface area contributed by atoms with E-state index in [1.807, 2.05) is 11.9 Å². The Kier molecular flexibility index (Phi) is 6.93. The van der Waals surface area contributed by atoms with Crippen LogP contribution in [0.5, 0.6) is 0 Å². The lowest BCUT2D eigenvalue weighted by molar-refractivity contribution is -0.137. The number of sulfonamides is 1. The highest BCUT2D eigenvalue weighted by Gasteiger charge is 2.30. The van der Waals surface area contributed by atoms with E-state index in [2.05, 4.69) is 29.9 Å². The van der Waals surface area contributed by atoms with Gasteiger partial charge in [0.2, 0.25) is 5.95 Å². The minimum absolute atomic E-state index is 0.00423. The number of nitrogens with zero attached hydrogens (tertiary/aromatic N) is 5. The zero-order chi connectivity index (χ0) is 25.4. The van der Waals surface area contributed by atoms with Gasteiger partial charge >= 0.3 is 6.18 Å². The van der Waals surface area contributed by atoms with E-state index in [1.165, 1.54) is 19.2 Å². The second-order valence-electron chi connectivity index (χ2n) is 8.20. The quantitative estimate of drug-likeness (QED) is 0.466. The van der Waals surface area contributed by atoms with Gasteiger partial charge in [-0.15, -0.1) is 0 Å². The summed E-state index contributed by atoms with van der Waals surface area (Å²) < 4.78 is 66.5. The van der Waals surface area contributed by atoms with E-state index < -0.39 is 27.1 Å². The van der Waals surface area contributed by atoms with Crippen LogP contribution < -0.4 is 14.9 Å². The predicted molar refractivity (Wildman–Crippen MR) is 129 cm³/mol. The van der Waals surface area contributed by atoms with Crippen molar-refractivity contribution < 1.29 is 21.6 Å². The molecule has 14 heteroatoms. The summed E-state index contributed by atoms with van der Waals surface area (Å²) in [7, 11) is -2.03. The Hall–Kier alpha value is -2.90. The summed E-state index contributed by atoms with van der Waals surface area (Å²) in [5, 5.41) is 2.37. The Labute approximate surface area is 205 Å². The van der Waals surface area contributed by atoms with Crippen molar-refractivity contribution >= 4 is 50.0 Å². The highest BCUT2D eigenvalue weighted by molar-refractivity contribution is 7.93. The predicted octanol–water partition coefficient (Wildman–Crippen LogP) is 3.65. The standard InChI is InChI=1S/C21H23ClF3N7O2S/c1-13(35(33,34)30-15-5-3-14(4-6-15)21(23,24)25)27-19-16-11-18(22)26-12-17(16)28-20(29-19)32-9-7-31(2)8-10-32/h3-6,11-13,30H,7-10H2,1-2H3,(H,27,28,29). The number of pyridine rings is 1. The first-order chi connectivity index (χ1) is 16.4. The number of rotatable bonds is 6. The molecule has 1 aliphatic heterocycles. The van der Waals surface area contributed by atoms with Gasteiger partial charge in [0, 0.05) is 37.3 Å². The molecule has 9 nitrogen and oxygen atoms in total. The monoisotopic (exact) mass is 529 g/mol. The molecule has 1 aliphatic rings. The highest BCUT2D eigenvalue weighted by Crippen LogP contribution is 2.30. The van der Waals surface area contributed by atoms with Crippen LogP contribution in [0, 0.1) is 0 Å². The van der Waals surface area contributed by atoms with Crippen LogP contribution in [0.4, 0.5) is 30.6 Å². The van der Waals surface area contributed by atoms with Gasteiger partial charge < -0.3 is 15.1 Å². The number of nitrogens with one attached hydrogen (secondary N) is 2. The van der Waals surface area contributed by atoms with Crippen molar-refractivity contribution in [2.45, 2.75) is 18.5 Å². The molecule has 188 valence electrons. The van der Waals surface area contributed by atoms with Gasteiger partial charge in [0.25, 0.3) is 10.0 Å². The number of benzene rings is 1. The molecule has 0 aliphatic carbocycles.